The maximum absolute atomic E-state index is 11.5. The Hall–Kier alpha value is -1.10. The van der Waals surface area contributed by atoms with Crippen LogP contribution in [0.25, 0.3) is 0 Å². The van der Waals surface area contributed by atoms with Gasteiger partial charge in [-0.1, -0.05) is 0 Å². The van der Waals surface area contributed by atoms with Crippen LogP contribution in [0, 0.1) is 0 Å². The third-order valence-electron chi connectivity index (χ3n) is 3.16. The van der Waals surface area contributed by atoms with Crippen molar-refractivity contribution in [3.8, 4) is 0 Å². The van der Waals surface area contributed by atoms with Crippen molar-refractivity contribution in [2.24, 2.45) is 0 Å². The molecule has 72 valence electrons. The summed E-state index contributed by atoms with van der Waals surface area (Å²) in [6.07, 6.45) is 1.19. The molecule has 3 aliphatic rings. The number of nitrogens with zero attached hydrogens (tertiary/aromatic N) is 1. The van der Waals surface area contributed by atoms with Gasteiger partial charge >= 0.3 is 5.97 Å². The van der Waals surface area contributed by atoms with Crippen molar-refractivity contribution >= 4 is 11.9 Å². The van der Waals surface area contributed by atoms with E-state index < -0.39 is 11.5 Å². The lowest BCUT2D eigenvalue weighted by Gasteiger charge is -2.50. The fourth-order valence-electron chi connectivity index (χ4n) is 2.13. The van der Waals surface area contributed by atoms with Gasteiger partial charge in [0.05, 0.1) is 6.04 Å². The van der Waals surface area contributed by atoms with Gasteiger partial charge in [0.1, 0.15) is 0 Å². The highest BCUT2D eigenvalue weighted by atomic mass is 16.4. The summed E-state index contributed by atoms with van der Waals surface area (Å²) in [5.41, 5.74) is -0.994. The second kappa shape index (κ2) is 2.45. The van der Waals surface area contributed by atoms with Gasteiger partial charge < -0.3 is 15.3 Å². The molecule has 5 nitrogen and oxygen atoms in total. The lowest BCUT2D eigenvalue weighted by molar-refractivity contribution is -0.167. The highest BCUT2D eigenvalue weighted by Crippen LogP contribution is 2.32. The average molecular weight is 184 g/mol. The summed E-state index contributed by atoms with van der Waals surface area (Å²) in [7, 11) is 1.57. The third kappa shape index (κ3) is 0.904. The minimum atomic E-state index is -0.994. The molecule has 3 rings (SSSR count). The number of likely N-dealkylation sites (N-methyl/N-ethyl adjacent to an activating group) is 1. The predicted octanol–water partition coefficient (Wildman–Crippen LogP) is -0.966. The van der Waals surface area contributed by atoms with Crippen molar-refractivity contribution in [1.82, 2.24) is 10.2 Å². The number of carboxylic acids is 1. The van der Waals surface area contributed by atoms with Gasteiger partial charge in [-0.15, -0.1) is 0 Å². The van der Waals surface area contributed by atoms with Gasteiger partial charge in [0.2, 0.25) is 5.91 Å². The number of amides is 1. The molecule has 0 aromatic heterocycles. The van der Waals surface area contributed by atoms with Crippen LogP contribution in [0.1, 0.15) is 12.8 Å². The summed E-state index contributed by atoms with van der Waals surface area (Å²) in [6, 6.07) is -0.161. The van der Waals surface area contributed by atoms with E-state index in [0.717, 1.165) is 0 Å². The second-order valence-electron chi connectivity index (χ2n) is 3.71. The van der Waals surface area contributed by atoms with Crippen LogP contribution in [-0.2, 0) is 9.59 Å². The molecule has 0 aromatic carbocycles. The Morgan fingerprint density at radius 1 is 1.77 bits per heavy atom. The summed E-state index contributed by atoms with van der Waals surface area (Å²) >= 11 is 0. The van der Waals surface area contributed by atoms with Gasteiger partial charge in [0.25, 0.3) is 0 Å². The smallest absolute Gasteiger partial charge is 0.330 e. The SMILES string of the molecule is CN1C(=O)C2CCC1(C(=O)O)CN2. The molecule has 3 saturated heterocycles. The van der Waals surface area contributed by atoms with Gasteiger partial charge in [-0.2, -0.15) is 0 Å². The molecule has 2 unspecified atom stereocenters. The van der Waals surface area contributed by atoms with Crippen molar-refractivity contribution < 1.29 is 14.7 Å². The predicted molar refractivity (Wildman–Crippen MR) is 44.2 cm³/mol. The first-order chi connectivity index (χ1) is 6.08. The molecule has 0 radical (unpaired) electrons. The van der Waals surface area contributed by atoms with Crippen molar-refractivity contribution in [3.63, 3.8) is 0 Å². The van der Waals surface area contributed by atoms with E-state index in [2.05, 4.69) is 5.32 Å². The minimum Gasteiger partial charge on any atom is -0.479 e. The number of fused-ring (bicyclic) bond motifs is 3. The molecule has 3 heterocycles. The van der Waals surface area contributed by atoms with Crippen LogP contribution in [-0.4, -0.2) is 47.1 Å². The van der Waals surface area contributed by atoms with E-state index in [9.17, 15) is 9.59 Å². The lowest BCUT2D eigenvalue weighted by atomic mass is 9.80. The topological polar surface area (TPSA) is 69.6 Å². The number of piperazine rings is 1. The lowest BCUT2D eigenvalue weighted by Crippen LogP contribution is -2.73. The Morgan fingerprint density at radius 2 is 2.46 bits per heavy atom. The van der Waals surface area contributed by atoms with E-state index in [4.69, 9.17) is 5.11 Å². The van der Waals surface area contributed by atoms with E-state index in [1.165, 1.54) is 4.90 Å². The maximum atomic E-state index is 11.5. The fourth-order valence-corrected chi connectivity index (χ4v) is 2.13. The highest BCUT2D eigenvalue weighted by molar-refractivity contribution is 5.92. The zero-order valence-corrected chi connectivity index (χ0v) is 7.41. The summed E-state index contributed by atoms with van der Waals surface area (Å²) < 4.78 is 0. The van der Waals surface area contributed by atoms with Crippen molar-refractivity contribution in [3.05, 3.63) is 0 Å². The molecule has 0 saturated carbocycles. The zero-order valence-electron chi connectivity index (χ0n) is 7.41. The molecule has 5 heteroatoms. The molecule has 2 bridgehead atoms. The third-order valence-corrected chi connectivity index (χ3v) is 3.16. The summed E-state index contributed by atoms with van der Waals surface area (Å²) in [6.45, 7) is 0.370. The summed E-state index contributed by atoms with van der Waals surface area (Å²) in [5, 5.41) is 12.0. The number of piperidine rings is 2. The summed E-state index contributed by atoms with van der Waals surface area (Å²) in [4.78, 5) is 23.9. The Bertz CT molecular complexity index is 269. The number of carbonyl (C=O) groups excluding carboxylic acids is 1. The van der Waals surface area contributed by atoms with Gasteiger partial charge in [-0.25, -0.2) is 4.79 Å². The zero-order chi connectivity index (χ0) is 9.64. The van der Waals surface area contributed by atoms with Crippen LogP contribution in [0.5, 0.6) is 0 Å². The Labute approximate surface area is 75.7 Å². The molecule has 3 fully saturated rings. The van der Waals surface area contributed by atoms with Crippen LogP contribution in [0.15, 0.2) is 0 Å². The maximum Gasteiger partial charge on any atom is 0.330 e. The molecular weight excluding hydrogens is 172 g/mol. The molecule has 2 atom stereocenters. The van der Waals surface area contributed by atoms with Crippen LogP contribution in [0.4, 0.5) is 0 Å². The number of nitrogens with one attached hydrogen (secondary N) is 1. The summed E-state index contributed by atoms with van der Waals surface area (Å²) in [5.74, 6) is -1.01. The standard InChI is InChI=1S/C8H12N2O3/c1-10-6(11)5-2-3-8(10,4-9-5)7(12)13/h5,9H,2-4H2,1H3,(H,12,13). The number of hydrogen-bond donors (Lipinski definition) is 2. The monoisotopic (exact) mass is 184 g/mol. The Balaban J connectivity index is 2.37. The van der Waals surface area contributed by atoms with E-state index in [1.54, 1.807) is 7.05 Å². The van der Waals surface area contributed by atoms with Gasteiger partial charge in [0.15, 0.2) is 5.54 Å². The van der Waals surface area contributed by atoms with Crippen LogP contribution in [0.2, 0.25) is 0 Å². The van der Waals surface area contributed by atoms with E-state index in [1.807, 2.05) is 0 Å². The highest BCUT2D eigenvalue weighted by Gasteiger charge is 2.54. The van der Waals surface area contributed by atoms with Crippen molar-refractivity contribution in [1.29, 1.82) is 0 Å². The van der Waals surface area contributed by atoms with Crippen molar-refractivity contribution in [2.75, 3.05) is 13.6 Å². The number of rotatable bonds is 1. The van der Waals surface area contributed by atoms with E-state index in [-0.39, 0.29) is 11.9 Å². The van der Waals surface area contributed by atoms with Gasteiger partial charge in [-0.3, -0.25) is 4.79 Å². The van der Waals surface area contributed by atoms with Crippen LogP contribution in [0.3, 0.4) is 0 Å². The van der Waals surface area contributed by atoms with Gasteiger partial charge in [-0.05, 0) is 12.8 Å². The first-order valence-corrected chi connectivity index (χ1v) is 4.32. The Morgan fingerprint density at radius 3 is 2.85 bits per heavy atom. The average Bonchev–Trinajstić information content (AvgIpc) is 2.13. The van der Waals surface area contributed by atoms with Gasteiger partial charge in [0, 0.05) is 13.6 Å². The second-order valence-corrected chi connectivity index (χ2v) is 3.71. The van der Waals surface area contributed by atoms with Crippen molar-refractivity contribution in [2.45, 2.75) is 24.4 Å². The molecule has 3 aliphatic heterocycles. The molecule has 0 spiro atoms. The van der Waals surface area contributed by atoms with Crippen LogP contribution < -0.4 is 5.32 Å². The quantitative estimate of drug-likeness (QED) is 0.550. The van der Waals surface area contributed by atoms with E-state index in [0.29, 0.717) is 19.4 Å². The number of hydrogen-bond acceptors (Lipinski definition) is 3. The molecule has 2 N–H and O–H groups in total. The number of carbonyl (C=O) groups is 2. The Kier molecular flexibility index (Phi) is 1.60. The first-order valence-electron chi connectivity index (χ1n) is 4.32. The van der Waals surface area contributed by atoms with Crippen LogP contribution >= 0.6 is 0 Å². The molecular formula is C8H12N2O3. The number of aliphatic carboxylic acids is 1. The normalized spacial score (nSPS) is 38.1. The minimum absolute atomic E-state index is 0.0973. The fraction of sp³-hybridized carbons (Fsp3) is 0.750. The molecule has 0 aromatic rings. The molecule has 1 amide bonds. The first kappa shape index (κ1) is 8.50. The van der Waals surface area contributed by atoms with E-state index >= 15 is 0 Å². The molecule has 13 heavy (non-hydrogen) atoms. The largest absolute Gasteiger partial charge is 0.479 e. The molecule has 0 aliphatic carbocycles. The number of carboxylic acid groups (broad SMARTS) is 1.